The smallest absolute Gasteiger partial charge is 0.271 e. The number of anilines is 2. The molecule has 0 aliphatic heterocycles. The molecule has 0 N–H and O–H groups in total. The van der Waals surface area contributed by atoms with Crippen LogP contribution in [-0.4, -0.2) is 17.5 Å². The summed E-state index contributed by atoms with van der Waals surface area (Å²) in [6.45, 7) is 1.93. The number of thiazole rings is 1. The maximum atomic E-state index is 13.0. The first-order valence-corrected chi connectivity index (χ1v) is 9.45. The monoisotopic (exact) mass is 374 g/mol. The van der Waals surface area contributed by atoms with Crippen molar-refractivity contribution in [2.75, 3.05) is 11.5 Å². The van der Waals surface area contributed by atoms with Crippen LogP contribution in [0.15, 0.2) is 78.9 Å². The van der Waals surface area contributed by atoms with Gasteiger partial charge < -0.3 is 4.74 Å². The maximum absolute atomic E-state index is 13.0. The number of fused-ring (bicyclic) bond motifs is 1. The Bertz CT molecular complexity index is 1040. The summed E-state index contributed by atoms with van der Waals surface area (Å²) in [6, 6.07) is 25.1. The van der Waals surface area contributed by atoms with Crippen LogP contribution in [0.5, 0.6) is 5.75 Å². The Kier molecular flexibility index (Phi) is 4.85. The van der Waals surface area contributed by atoms with Crippen LogP contribution < -0.4 is 9.64 Å². The molecule has 0 saturated carbocycles. The van der Waals surface area contributed by atoms with Crippen molar-refractivity contribution in [3.63, 3.8) is 0 Å². The summed E-state index contributed by atoms with van der Waals surface area (Å²) >= 11 is 1.49. The summed E-state index contributed by atoms with van der Waals surface area (Å²) in [5, 5.41) is 0.639. The van der Waals surface area contributed by atoms with Crippen LogP contribution in [0.2, 0.25) is 0 Å². The van der Waals surface area contributed by atoms with Crippen LogP contribution in [0, 0.1) is 6.92 Å². The van der Waals surface area contributed by atoms with E-state index in [1.165, 1.54) is 11.3 Å². The topological polar surface area (TPSA) is 42.4 Å². The number of aromatic nitrogens is 1. The molecule has 0 atom stereocenters. The number of carbonyl (C=O) groups is 1. The summed E-state index contributed by atoms with van der Waals surface area (Å²) in [7, 11) is 0. The summed E-state index contributed by atoms with van der Waals surface area (Å²) in [5.74, 6) is 0.516. The summed E-state index contributed by atoms with van der Waals surface area (Å²) in [4.78, 5) is 19.3. The molecule has 0 saturated heterocycles. The molecular formula is C22H18N2O2S. The van der Waals surface area contributed by atoms with Gasteiger partial charge in [-0.2, -0.15) is 0 Å². The normalized spacial score (nSPS) is 10.7. The van der Waals surface area contributed by atoms with Gasteiger partial charge in [-0.3, -0.25) is 9.69 Å². The zero-order valence-corrected chi connectivity index (χ0v) is 15.6. The van der Waals surface area contributed by atoms with E-state index in [1.54, 1.807) is 4.90 Å². The molecule has 1 aromatic heterocycles. The molecule has 1 amide bonds. The van der Waals surface area contributed by atoms with Gasteiger partial charge >= 0.3 is 0 Å². The molecule has 0 aliphatic rings. The Hall–Kier alpha value is -3.18. The Morgan fingerprint density at radius 1 is 1.00 bits per heavy atom. The number of rotatable bonds is 5. The van der Waals surface area contributed by atoms with Crippen molar-refractivity contribution in [3.05, 3.63) is 84.4 Å². The Labute approximate surface area is 161 Å². The molecule has 27 heavy (non-hydrogen) atoms. The van der Waals surface area contributed by atoms with Crippen molar-refractivity contribution >= 4 is 38.3 Å². The Balaban J connectivity index is 1.64. The van der Waals surface area contributed by atoms with E-state index in [1.807, 2.05) is 85.8 Å². The molecule has 0 aliphatic carbocycles. The van der Waals surface area contributed by atoms with E-state index in [2.05, 4.69) is 4.98 Å². The van der Waals surface area contributed by atoms with Gasteiger partial charge in [0.25, 0.3) is 5.91 Å². The van der Waals surface area contributed by atoms with Gasteiger partial charge in [-0.1, -0.05) is 53.8 Å². The van der Waals surface area contributed by atoms with Crippen molar-refractivity contribution < 1.29 is 9.53 Å². The zero-order valence-electron chi connectivity index (χ0n) is 14.8. The van der Waals surface area contributed by atoms with Crippen LogP contribution in [0.25, 0.3) is 10.2 Å². The number of benzene rings is 3. The quantitative estimate of drug-likeness (QED) is 0.473. The molecule has 5 heteroatoms. The van der Waals surface area contributed by atoms with Crippen LogP contribution in [0.1, 0.15) is 5.56 Å². The van der Waals surface area contributed by atoms with Gasteiger partial charge in [0.2, 0.25) is 0 Å². The molecule has 0 bridgehead atoms. The molecule has 0 radical (unpaired) electrons. The average molecular weight is 374 g/mol. The fraction of sp³-hybridized carbons (Fsp3) is 0.0909. The standard InChI is InChI=1S/C22H18N2O2S/c1-16-8-7-11-18(14-16)26-15-21(25)24(17-9-3-2-4-10-17)22-23-19-12-5-6-13-20(19)27-22/h2-14H,15H2,1H3. The van der Waals surface area contributed by atoms with Gasteiger partial charge in [-0.05, 0) is 48.9 Å². The van der Waals surface area contributed by atoms with Crippen molar-refractivity contribution in [2.24, 2.45) is 0 Å². The van der Waals surface area contributed by atoms with Crippen molar-refractivity contribution in [3.8, 4) is 5.75 Å². The highest BCUT2D eigenvalue weighted by molar-refractivity contribution is 7.22. The zero-order chi connectivity index (χ0) is 18.6. The minimum atomic E-state index is -0.165. The third-order valence-corrected chi connectivity index (χ3v) is 5.11. The average Bonchev–Trinajstić information content (AvgIpc) is 3.11. The second kappa shape index (κ2) is 7.60. The molecule has 0 unspecified atom stereocenters. The number of aryl methyl sites for hydroxylation is 1. The third-order valence-electron chi connectivity index (χ3n) is 4.09. The first-order valence-electron chi connectivity index (χ1n) is 8.64. The van der Waals surface area contributed by atoms with E-state index >= 15 is 0 Å². The fourth-order valence-corrected chi connectivity index (χ4v) is 3.81. The highest BCUT2D eigenvalue weighted by Gasteiger charge is 2.22. The van der Waals surface area contributed by atoms with Gasteiger partial charge in [-0.25, -0.2) is 4.98 Å². The lowest BCUT2D eigenvalue weighted by atomic mass is 10.2. The molecule has 0 fully saturated rings. The van der Waals surface area contributed by atoms with Gasteiger partial charge in [0.05, 0.1) is 15.9 Å². The SMILES string of the molecule is Cc1cccc(OCC(=O)N(c2ccccc2)c2nc3ccccc3s2)c1. The first-order chi connectivity index (χ1) is 13.2. The number of amides is 1. The lowest BCUT2D eigenvalue weighted by Crippen LogP contribution is -2.30. The van der Waals surface area contributed by atoms with Crippen molar-refractivity contribution in [2.45, 2.75) is 6.92 Å². The van der Waals surface area contributed by atoms with Gasteiger partial charge in [0.1, 0.15) is 5.75 Å². The summed E-state index contributed by atoms with van der Waals surface area (Å²) < 4.78 is 6.77. The first kappa shape index (κ1) is 17.2. The van der Waals surface area contributed by atoms with Crippen molar-refractivity contribution in [1.82, 2.24) is 4.98 Å². The minimum Gasteiger partial charge on any atom is -0.484 e. The van der Waals surface area contributed by atoms with Gasteiger partial charge in [0, 0.05) is 0 Å². The number of hydrogen-bond donors (Lipinski definition) is 0. The number of hydrogen-bond acceptors (Lipinski definition) is 4. The van der Waals surface area contributed by atoms with E-state index in [0.29, 0.717) is 10.9 Å². The van der Waals surface area contributed by atoms with E-state index in [-0.39, 0.29) is 12.5 Å². The van der Waals surface area contributed by atoms with Gasteiger partial charge in [0.15, 0.2) is 11.7 Å². The maximum Gasteiger partial charge on any atom is 0.271 e. The van der Waals surface area contributed by atoms with Crippen LogP contribution in [0.3, 0.4) is 0 Å². The molecule has 0 spiro atoms. The van der Waals surface area contributed by atoms with E-state index < -0.39 is 0 Å². The van der Waals surface area contributed by atoms with E-state index in [9.17, 15) is 4.79 Å². The highest BCUT2D eigenvalue weighted by Crippen LogP contribution is 2.33. The number of para-hydroxylation sites is 2. The number of nitrogens with zero attached hydrogens (tertiary/aromatic N) is 2. The summed E-state index contributed by atoms with van der Waals surface area (Å²) in [5.41, 5.74) is 2.74. The molecular weight excluding hydrogens is 356 g/mol. The lowest BCUT2D eigenvalue weighted by Gasteiger charge is -2.20. The lowest BCUT2D eigenvalue weighted by molar-refractivity contribution is -0.119. The van der Waals surface area contributed by atoms with Crippen LogP contribution in [-0.2, 0) is 4.79 Å². The predicted molar refractivity (Wildman–Crippen MR) is 110 cm³/mol. The highest BCUT2D eigenvalue weighted by atomic mass is 32.1. The van der Waals surface area contributed by atoms with Gasteiger partial charge in [-0.15, -0.1) is 0 Å². The van der Waals surface area contributed by atoms with Crippen LogP contribution >= 0.6 is 11.3 Å². The fourth-order valence-electron chi connectivity index (χ4n) is 2.81. The minimum absolute atomic E-state index is 0.0612. The van der Waals surface area contributed by atoms with E-state index in [4.69, 9.17) is 4.74 Å². The predicted octanol–water partition coefficient (Wildman–Crippen LogP) is 5.35. The Morgan fingerprint density at radius 3 is 2.56 bits per heavy atom. The van der Waals surface area contributed by atoms with Crippen molar-refractivity contribution in [1.29, 1.82) is 0 Å². The number of ether oxygens (including phenoxy) is 1. The molecule has 4 nitrogen and oxygen atoms in total. The Morgan fingerprint density at radius 2 is 1.78 bits per heavy atom. The second-order valence-corrected chi connectivity index (χ2v) is 7.14. The largest absolute Gasteiger partial charge is 0.484 e. The molecule has 4 aromatic rings. The second-order valence-electron chi connectivity index (χ2n) is 6.13. The molecule has 134 valence electrons. The van der Waals surface area contributed by atoms with Crippen LogP contribution in [0.4, 0.5) is 10.8 Å². The van der Waals surface area contributed by atoms with E-state index in [0.717, 1.165) is 21.5 Å². The third kappa shape index (κ3) is 3.83. The molecule has 3 aromatic carbocycles. The molecule has 4 rings (SSSR count). The molecule has 1 heterocycles. The summed E-state index contributed by atoms with van der Waals surface area (Å²) in [6.07, 6.45) is 0. The number of carbonyl (C=O) groups excluding carboxylic acids is 1.